The van der Waals surface area contributed by atoms with Crippen molar-refractivity contribution in [1.29, 1.82) is 0 Å². The summed E-state index contributed by atoms with van der Waals surface area (Å²) in [5.74, 6) is 0.0393. The lowest BCUT2D eigenvalue weighted by Gasteiger charge is -2.42. The zero-order valence-corrected chi connectivity index (χ0v) is 17.5. The SMILES string of the molecule is CN(C)C(=O)Cn1ccc2cc(NC(=O)NCC3(c4ccccc4)CCC3)ccc21. The zero-order valence-electron chi connectivity index (χ0n) is 17.5. The minimum absolute atomic E-state index is 0.0393. The van der Waals surface area contributed by atoms with Crippen molar-refractivity contribution >= 4 is 28.5 Å². The molecule has 6 nitrogen and oxygen atoms in total. The van der Waals surface area contributed by atoms with Gasteiger partial charge in [0.1, 0.15) is 6.54 Å². The molecule has 1 aliphatic rings. The third-order valence-electron chi connectivity index (χ3n) is 6.12. The van der Waals surface area contributed by atoms with Crippen LogP contribution in [0.2, 0.25) is 0 Å². The van der Waals surface area contributed by atoms with Crippen molar-refractivity contribution in [2.24, 2.45) is 0 Å². The second-order valence-electron chi connectivity index (χ2n) is 8.31. The maximum atomic E-state index is 12.5. The van der Waals surface area contributed by atoms with Crippen LogP contribution in [0.25, 0.3) is 10.9 Å². The molecule has 0 atom stereocenters. The summed E-state index contributed by atoms with van der Waals surface area (Å²) < 4.78 is 1.92. The number of nitrogens with one attached hydrogen (secondary N) is 2. The number of carbonyl (C=O) groups excluding carboxylic acids is 2. The van der Waals surface area contributed by atoms with Crippen molar-refractivity contribution in [2.45, 2.75) is 31.2 Å². The Morgan fingerprint density at radius 2 is 1.83 bits per heavy atom. The number of anilines is 1. The first-order chi connectivity index (χ1) is 14.5. The predicted octanol–water partition coefficient (Wildman–Crippen LogP) is 3.97. The molecule has 3 amide bonds. The smallest absolute Gasteiger partial charge is 0.319 e. The van der Waals surface area contributed by atoms with E-state index >= 15 is 0 Å². The largest absolute Gasteiger partial charge is 0.347 e. The van der Waals surface area contributed by atoms with Gasteiger partial charge in [-0.1, -0.05) is 36.8 Å². The molecule has 0 saturated heterocycles. The lowest BCUT2D eigenvalue weighted by atomic mass is 9.64. The number of carbonyl (C=O) groups is 2. The fourth-order valence-electron chi connectivity index (χ4n) is 4.09. The monoisotopic (exact) mass is 404 g/mol. The van der Waals surface area contributed by atoms with Crippen LogP contribution in [0.1, 0.15) is 24.8 Å². The molecule has 30 heavy (non-hydrogen) atoms. The van der Waals surface area contributed by atoms with Crippen LogP contribution < -0.4 is 10.6 Å². The Bertz CT molecular complexity index is 1050. The molecule has 0 unspecified atom stereocenters. The quantitative estimate of drug-likeness (QED) is 0.653. The van der Waals surface area contributed by atoms with Crippen LogP contribution in [0, 0.1) is 0 Å². The second-order valence-corrected chi connectivity index (χ2v) is 8.31. The van der Waals surface area contributed by atoms with Gasteiger partial charge in [-0.3, -0.25) is 4.79 Å². The standard InChI is InChI=1S/C24H28N4O2/c1-27(2)22(29)16-28-14-11-18-15-20(9-10-21(18)28)26-23(30)25-17-24(12-6-13-24)19-7-4-3-5-8-19/h3-5,7-11,14-15H,6,12-13,16-17H2,1-2H3,(H2,25,26,30). The number of nitrogens with zero attached hydrogens (tertiary/aromatic N) is 2. The lowest BCUT2D eigenvalue weighted by Crippen LogP contribution is -2.46. The molecular weight excluding hydrogens is 376 g/mol. The second kappa shape index (κ2) is 8.22. The average molecular weight is 405 g/mol. The molecule has 3 aromatic rings. The predicted molar refractivity (Wildman–Crippen MR) is 120 cm³/mol. The Kier molecular flexibility index (Phi) is 5.48. The number of benzene rings is 2. The Morgan fingerprint density at radius 3 is 2.50 bits per heavy atom. The average Bonchev–Trinajstić information content (AvgIpc) is 3.10. The first kappa shape index (κ1) is 20.0. The summed E-state index contributed by atoms with van der Waals surface area (Å²) in [7, 11) is 3.50. The number of hydrogen-bond donors (Lipinski definition) is 2. The Balaban J connectivity index is 1.39. The van der Waals surface area contributed by atoms with Crippen molar-refractivity contribution in [3.8, 4) is 0 Å². The van der Waals surface area contributed by atoms with E-state index in [1.807, 2.05) is 41.1 Å². The van der Waals surface area contributed by atoms with Gasteiger partial charge in [-0.2, -0.15) is 0 Å². The highest BCUT2D eigenvalue weighted by molar-refractivity contribution is 5.93. The van der Waals surface area contributed by atoms with E-state index in [9.17, 15) is 9.59 Å². The van der Waals surface area contributed by atoms with Gasteiger partial charge in [-0.25, -0.2) is 4.79 Å². The molecule has 1 saturated carbocycles. The highest BCUT2D eigenvalue weighted by Gasteiger charge is 2.38. The van der Waals surface area contributed by atoms with Crippen molar-refractivity contribution < 1.29 is 9.59 Å². The van der Waals surface area contributed by atoms with Crippen LogP contribution in [0.3, 0.4) is 0 Å². The van der Waals surface area contributed by atoms with Gasteiger partial charge in [0.15, 0.2) is 0 Å². The summed E-state index contributed by atoms with van der Waals surface area (Å²) in [5, 5.41) is 6.98. The molecule has 0 spiro atoms. The normalized spacial score (nSPS) is 14.7. The van der Waals surface area contributed by atoms with Crippen molar-refractivity contribution in [1.82, 2.24) is 14.8 Å². The maximum absolute atomic E-state index is 12.5. The first-order valence-corrected chi connectivity index (χ1v) is 10.4. The highest BCUT2D eigenvalue weighted by atomic mass is 16.2. The minimum Gasteiger partial charge on any atom is -0.347 e. The van der Waals surface area contributed by atoms with Crippen LogP contribution in [0.5, 0.6) is 0 Å². The molecule has 0 radical (unpaired) electrons. The van der Waals surface area contributed by atoms with E-state index in [2.05, 4.69) is 34.9 Å². The third kappa shape index (κ3) is 4.03. The number of hydrogen-bond acceptors (Lipinski definition) is 2. The lowest BCUT2D eigenvalue weighted by molar-refractivity contribution is -0.129. The number of aromatic nitrogens is 1. The molecule has 1 fully saturated rings. The van der Waals surface area contributed by atoms with Crippen LogP contribution in [0.15, 0.2) is 60.8 Å². The van der Waals surface area contributed by atoms with E-state index in [4.69, 9.17) is 0 Å². The molecule has 1 aromatic heterocycles. The van der Waals surface area contributed by atoms with Gasteiger partial charge in [0, 0.05) is 48.8 Å². The fraction of sp³-hybridized carbons (Fsp3) is 0.333. The number of urea groups is 1. The van der Waals surface area contributed by atoms with Crippen molar-refractivity contribution in [3.05, 3.63) is 66.4 Å². The third-order valence-corrected chi connectivity index (χ3v) is 6.12. The van der Waals surface area contributed by atoms with Crippen LogP contribution in [0.4, 0.5) is 10.5 Å². The van der Waals surface area contributed by atoms with E-state index in [1.165, 1.54) is 12.0 Å². The molecule has 0 bridgehead atoms. The summed E-state index contributed by atoms with van der Waals surface area (Å²) in [5.41, 5.74) is 3.05. The summed E-state index contributed by atoms with van der Waals surface area (Å²) >= 11 is 0. The van der Waals surface area contributed by atoms with Crippen LogP contribution in [-0.4, -0.2) is 42.0 Å². The molecule has 2 N–H and O–H groups in total. The Morgan fingerprint density at radius 1 is 1.07 bits per heavy atom. The van der Waals surface area contributed by atoms with Crippen LogP contribution in [-0.2, 0) is 16.8 Å². The Hall–Kier alpha value is -3.28. The number of amides is 3. The van der Waals surface area contributed by atoms with E-state index in [0.717, 1.165) is 29.4 Å². The summed E-state index contributed by atoms with van der Waals surface area (Å²) in [6.07, 6.45) is 5.29. The van der Waals surface area contributed by atoms with Gasteiger partial charge in [0.2, 0.25) is 5.91 Å². The van der Waals surface area contributed by atoms with Crippen molar-refractivity contribution in [3.63, 3.8) is 0 Å². The molecule has 4 rings (SSSR count). The van der Waals surface area contributed by atoms with Gasteiger partial charge in [-0.05, 0) is 42.7 Å². The summed E-state index contributed by atoms with van der Waals surface area (Å²) in [4.78, 5) is 26.1. The molecule has 2 aromatic carbocycles. The number of likely N-dealkylation sites (N-methyl/N-ethyl adjacent to an activating group) is 1. The Labute approximate surface area is 176 Å². The summed E-state index contributed by atoms with van der Waals surface area (Å²) in [6.45, 7) is 0.930. The number of fused-ring (bicyclic) bond motifs is 1. The molecule has 0 aliphatic heterocycles. The molecule has 6 heteroatoms. The minimum atomic E-state index is -0.196. The zero-order chi connectivity index (χ0) is 21.1. The van der Waals surface area contributed by atoms with E-state index in [-0.39, 0.29) is 17.4 Å². The fourth-order valence-corrected chi connectivity index (χ4v) is 4.09. The van der Waals surface area contributed by atoms with Gasteiger partial charge in [0.25, 0.3) is 0 Å². The number of rotatable bonds is 6. The van der Waals surface area contributed by atoms with E-state index in [1.54, 1.807) is 19.0 Å². The highest BCUT2D eigenvalue weighted by Crippen LogP contribution is 2.43. The van der Waals surface area contributed by atoms with E-state index in [0.29, 0.717) is 13.1 Å². The first-order valence-electron chi connectivity index (χ1n) is 10.4. The van der Waals surface area contributed by atoms with Gasteiger partial charge < -0.3 is 20.1 Å². The summed E-state index contributed by atoms with van der Waals surface area (Å²) in [6, 6.07) is 17.9. The molecule has 1 aliphatic carbocycles. The maximum Gasteiger partial charge on any atom is 0.319 e. The topological polar surface area (TPSA) is 66.4 Å². The van der Waals surface area contributed by atoms with Gasteiger partial charge in [0.05, 0.1) is 0 Å². The molecular formula is C24H28N4O2. The van der Waals surface area contributed by atoms with Crippen molar-refractivity contribution in [2.75, 3.05) is 26.0 Å². The van der Waals surface area contributed by atoms with Crippen LogP contribution >= 0.6 is 0 Å². The molecule has 1 heterocycles. The van der Waals surface area contributed by atoms with E-state index < -0.39 is 0 Å². The molecule has 156 valence electrons. The van der Waals surface area contributed by atoms with Gasteiger partial charge in [-0.15, -0.1) is 0 Å². The van der Waals surface area contributed by atoms with Gasteiger partial charge >= 0.3 is 6.03 Å².